The van der Waals surface area contributed by atoms with Crippen molar-refractivity contribution in [3.8, 4) is 22.4 Å². The summed E-state index contributed by atoms with van der Waals surface area (Å²) < 4.78 is 1.83. The molecule has 1 aliphatic rings. The Bertz CT molecular complexity index is 1880. The minimum atomic E-state index is 0.0658. The first-order chi connectivity index (χ1) is 21.1. The molecule has 7 rings (SSSR count). The van der Waals surface area contributed by atoms with Gasteiger partial charge in [0, 0.05) is 60.2 Å². The predicted octanol–water partition coefficient (Wildman–Crippen LogP) is 5.84. The quantitative estimate of drug-likeness (QED) is 0.261. The highest BCUT2D eigenvalue weighted by Crippen LogP contribution is 2.34. The molecule has 1 fully saturated rings. The van der Waals surface area contributed by atoms with Gasteiger partial charge in [-0.1, -0.05) is 54.6 Å². The molecule has 1 aliphatic heterocycles. The molecule has 1 amide bonds. The molecular weight excluding hydrogens is 534 g/mol. The Balaban J connectivity index is 1.07. The Labute approximate surface area is 250 Å². The lowest BCUT2D eigenvalue weighted by Gasteiger charge is -2.31. The van der Waals surface area contributed by atoms with Crippen LogP contribution in [0, 0.1) is 12.8 Å². The van der Waals surface area contributed by atoms with E-state index < -0.39 is 0 Å². The lowest BCUT2D eigenvalue weighted by molar-refractivity contribution is -0.126. The van der Waals surface area contributed by atoms with Crippen LogP contribution in [0.1, 0.15) is 29.7 Å². The minimum Gasteiger partial charge on any atom is -0.352 e. The fourth-order valence-electron chi connectivity index (χ4n) is 5.92. The van der Waals surface area contributed by atoms with E-state index in [0.717, 1.165) is 82.8 Å². The zero-order valence-corrected chi connectivity index (χ0v) is 24.1. The molecule has 0 atom stereocenters. The lowest BCUT2D eigenvalue weighted by Crippen LogP contribution is -2.40. The van der Waals surface area contributed by atoms with Gasteiger partial charge in [0.2, 0.25) is 5.91 Å². The highest BCUT2D eigenvalue weighted by molar-refractivity contribution is 5.90. The molecule has 0 saturated carbocycles. The number of nitrogens with zero attached hydrogens (tertiary/aromatic N) is 6. The number of amides is 1. The summed E-state index contributed by atoms with van der Waals surface area (Å²) in [6.07, 6.45) is 7.13. The first kappa shape index (κ1) is 26.9. The summed E-state index contributed by atoms with van der Waals surface area (Å²) in [5.41, 5.74) is 8.98. The van der Waals surface area contributed by atoms with Gasteiger partial charge < -0.3 is 5.32 Å². The largest absolute Gasteiger partial charge is 0.352 e. The average Bonchev–Trinajstić information content (AvgIpc) is 3.45. The minimum absolute atomic E-state index is 0.0658. The Kier molecular flexibility index (Phi) is 7.35. The predicted molar refractivity (Wildman–Crippen MR) is 168 cm³/mol. The Morgan fingerprint density at radius 1 is 0.907 bits per heavy atom. The van der Waals surface area contributed by atoms with Gasteiger partial charge in [0.15, 0.2) is 11.3 Å². The van der Waals surface area contributed by atoms with E-state index in [1.807, 2.05) is 41.9 Å². The van der Waals surface area contributed by atoms with Crippen molar-refractivity contribution < 1.29 is 4.79 Å². The number of nitrogens with one attached hydrogen (secondary N) is 1. The van der Waals surface area contributed by atoms with Gasteiger partial charge in [-0.15, -0.1) is 0 Å². The Hall–Kier alpha value is -4.95. The lowest BCUT2D eigenvalue weighted by atomic mass is 9.95. The first-order valence-electron chi connectivity index (χ1n) is 14.8. The van der Waals surface area contributed by atoms with E-state index in [-0.39, 0.29) is 11.8 Å². The highest BCUT2D eigenvalue weighted by Gasteiger charge is 2.25. The molecule has 43 heavy (non-hydrogen) atoms. The monoisotopic (exact) mass is 567 g/mol. The van der Waals surface area contributed by atoms with Gasteiger partial charge in [-0.25, -0.2) is 9.97 Å². The van der Waals surface area contributed by atoms with Crippen molar-refractivity contribution in [2.75, 3.05) is 13.1 Å². The van der Waals surface area contributed by atoms with Gasteiger partial charge in [-0.3, -0.25) is 14.7 Å². The van der Waals surface area contributed by atoms with Crippen molar-refractivity contribution in [2.45, 2.75) is 32.9 Å². The molecule has 5 heterocycles. The second-order valence-electron chi connectivity index (χ2n) is 11.3. The number of carbonyl (C=O) groups excluding carboxylic acids is 1. The molecule has 6 aromatic rings. The maximum Gasteiger partial charge on any atom is 0.223 e. The van der Waals surface area contributed by atoms with Gasteiger partial charge >= 0.3 is 0 Å². The summed E-state index contributed by atoms with van der Waals surface area (Å²) >= 11 is 0. The van der Waals surface area contributed by atoms with Crippen molar-refractivity contribution in [1.82, 2.24) is 34.8 Å². The highest BCUT2D eigenvalue weighted by atomic mass is 16.1. The van der Waals surface area contributed by atoms with Crippen LogP contribution in [0.15, 0.2) is 97.5 Å². The summed E-state index contributed by atoms with van der Waals surface area (Å²) in [4.78, 5) is 29.0. The van der Waals surface area contributed by atoms with Crippen molar-refractivity contribution in [1.29, 1.82) is 0 Å². The van der Waals surface area contributed by atoms with E-state index in [2.05, 4.69) is 79.9 Å². The number of benzene rings is 2. The normalized spacial score (nSPS) is 14.3. The third-order valence-electron chi connectivity index (χ3n) is 8.27. The number of carbonyl (C=O) groups is 1. The summed E-state index contributed by atoms with van der Waals surface area (Å²) in [5.74, 6) is 0.215. The molecule has 0 bridgehead atoms. The van der Waals surface area contributed by atoms with Gasteiger partial charge in [0.1, 0.15) is 0 Å². The molecule has 1 N–H and O–H groups in total. The van der Waals surface area contributed by atoms with Crippen LogP contribution in [-0.4, -0.2) is 48.5 Å². The summed E-state index contributed by atoms with van der Waals surface area (Å²) in [6, 6.07) is 27.1. The molecule has 0 unspecified atom stereocenters. The summed E-state index contributed by atoms with van der Waals surface area (Å²) in [7, 11) is 0. The number of aromatic nitrogens is 5. The summed E-state index contributed by atoms with van der Waals surface area (Å²) in [5, 5.41) is 8.70. The first-order valence-corrected chi connectivity index (χ1v) is 14.8. The number of likely N-dealkylation sites (tertiary alicyclic amines) is 1. The molecular formula is C35H33N7O. The number of piperidine rings is 1. The third-order valence-corrected chi connectivity index (χ3v) is 8.27. The average molecular weight is 568 g/mol. The van der Waals surface area contributed by atoms with Crippen LogP contribution in [0.4, 0.5) is 0 Å². The zero-order valence-electron chi connectivity index (χ0n) is 24.1. The second-order valence-corrected chi connectivity index (χ2v) is 11.3. The molecule has 0 spiro atoms. The molecule has 1 saturated heterocycles. The van der Waals surface area contributed by atoms with Crippen LogP contribution in [0.2, 0.25) is 0 Å². The van der Waals surface area contributed by atoms with Crippen molar-refractivity contribution in [2.24, 2.45) is 5.92 Å². The molecule has 8 heteroatoms. The smallest absolute Gasteiger partial charge is 0.223 e. The SMILES string of the molecule is Cc1cc2ncc3cc(-c4ccccc4)c(-c4ccc(CN5CCC(C(=O)NCc6ccncc6)CC5)cc4)nc3n2n1. The standard InChI is InChI=1S/C35H33N7O/c1-24-19-32-37-22-30-20-31(27-5-3-2-4-6-27)33(39-34(30)42(32)40-24)28-9-7-26(8-10-28)23-41-17-13-29(14-18-41)35(43)38-21-25-11-15-36-16-12-25/h2-12,15-16,19-20,22,29H,13-14,17-18,21,23H2,1H3,(H,38,43). The van der Waals surface area contributed by atoms with E-state index in [4.69, 9.17) is 4.98 Å². The Morgan fingerprint density at radius 3 is 2.44 bits per heavy atom. The number of hydrogen-bond donors (Lipinski definition) is 1. The van der Waals surface area contributed by atoms with Gasteiger partial charge in [-0.2, -0.15) is 9.61 Å². The number of rotatable bonds is 7. The van der Waals surface area contributed by atoms with Crippen molar-refractivity contribution >= 4 is 22.6 Å². The van der Waals surface area contributed by atoms with E-state index >= 15 is 0 Å². The van der Waals surface area contributed by atoms with Crippen molar-refractivity contribution in [3.05, 3.63) is 114 Å². The molecule has 4 aromatic heterocycles. The topological polar surface area (TPSA) is 88.3 Å². The number of pyridine rings is 2. The van der Waals surface area contributed by atoms with Gasteiger partial charge in [-0.05, 0) is 67.7 Å². The van der Waals surface area contributed by atoms with Crippen LogP contribution in [0.5, 0.6) is 0 Å². The Morgan fingerprint density at radius 2 is 1.67 bits per heavy atom. The molecule has 214 valence electrons. The van der Waals surface area contributed by atoms with Crippen LogP contribution in [0.3, 0.4) is 0 Å². The van der Waals surface area contributed by atoms with Gasteiger partial charge in [0.25, 0.3) is 0 Å². The number of hydrogen-bond acceptors (Lipinski definition) is 6. The van der Waals surface area contributed by atoms with Crippen LogP contribution in [-0.2, 0) is 17.9 Å². The van der Waals surface area contributed by atoms with Crippen LogP contribution < -0.4 is 5.32 Å². The molecule has 8 nitrogen and oxygen atoms in total. The van der Waals surface area contributed by atoms with E-state index in [0.29, 0.717) is 6.54 Å². The maximum absolute atomic E-state index is 12.7. The summed E-state index contributed by atoms with van der Waals surface area (Å²) in [6.45, 7) is 5.20. The van der Waals surface area contributed by atoms with Gasteiger partial charge in [0.05, 0.1) is 11.4 Å². The second kappa shape index (κ2) is 11.7. The molecule has 0 radical (unpaired) electrons. The fraction of sp³-hybridized carbons (Fsp3) is 0.229. The van der Waals surface area contributed by atoms with E-state index in [9.17, 15) is 4.79 Å². The van der Waals surface area contributed by atoms with Crippen LogP contribution >= 0.6 is 0 Å². The number of aryl methyl sites for hydroxylation is 1. The zero-order chi connectivity index (χ0) is 29.2. The van der Waals surface area contributed by atoms with Crippen molar-refractivity contribution in [3.63, 3.8) is 0 Å². The number of fused-ring (bicyclic) bond motifs is 3. The van der Waals surface area contributed by atoms with E-state index in [1.165, 1.54) is 5.56 Å². The maximum atomic E-state index is 12.7. The molecule has 2 aromatic carbocycles. The fourth-order valence-corrected chi connectivity index (χ4v) is 5.92. The van der Waals surface area contributed by atoms with E-state index in [1.54, 1.807) is 12.4 Å². The van der Waals surface area contributed by atoms with Crippen LogP contribution in [0.25, 0.3) is 39.1 Å². The third kappa shape index (κ3) is 5.74. The molecule has 0 aliphatic carbocycles.